The van der Waals surface area contributed by atoms with Crippen LogP contribution in [0.1, 0.15) is 11.6 Å². The summed E-state index contributed by atoms with van der Waals surface area (Å²) in [6, 6.07) is 7.64. The van der Waals surface area contributed by atoms with Crippen molar-refractivity contribution < 1.29 is 4.39 Å². The molecule has 1 N–H and O–H groups in total. The van der Waals surface area contributed by atoms with E-state index >= 15 is 0 Å². The number of nitrogens with zero attached hydrogens (tertiary/aromatic N) is 1. The summed E-state index contributed by atoms with van der Waals surface area (Å²) in [5.74, 6) is -0.349. The highest BCUT2D eigenvalue weighted by Crippen LogP contribution is 2.14. The molecule has 1 aromatic rings. The molecule has 0 bridgehead atoms. The summed E-state index contributed by atoms with van der Waals surface area (Å²) in [6.07, 6.45) is 0. The van der Waals surface area contributed by atoms with Crippen LogP contribution >= 0.6 is 0 Å². The number of benzene rings is 1. The topological polar surface area (TPSA) is 35.8 Å². The quantitative estimate of drug-likeness (QED) is 0.720. The van der Waals surface area contributed by atoms with Crippen LogP contribution in [0.2, 0.25) is 0 Å². The molecule has 1 aromatic carbocycles. The van der Waals surface area contributed by atoms with Gasteiger partial charge in [-0.05, 0) is 13.1 Å². The zero-order chi connectivity index (χ0) is 8.97. The van der Waals surface area contributed by atoms with E-state index in [0.717, 1.165) is 0 Å². The SMILES string of the molecule is CNC(C#N)c1ccccc1F. The van der Waals surface area contributed by atoms with Gasteiger partial charge in [0.25, 0.3) is 0 Å². The second-order valence-corrected chi connectivity index (χ2v) is 2.37. The molecule has 0 saturated heterocycles. The Balaban J connectivity index is 3.02. The highest BCUT2D eigenvalue weighted by Gasteiger charge is 2.10. The van der Waals surface area contributed by atoms with E-state index in [1.54, 1.807) is 25.2 Å². The van der Waals surface area contributed by atoms with Crippen molar-refractivity contribution in [3.8, 4) is 6.07 Å². The van der Waals surface area contributed by atoms with Crippen molar-refractivity contribution in [2.75, 3.05) is 7.05 Å². The van der Waals surface area contributed by atoms with E-state index in [1.807, 2.05) is 6.07 Å². The second kappa shape index (κ2) is 3.84. The summed E-state index contributed by atoms with van der Waals surface area (Å²) in [5, 5.41) is 11.3. The normalized spacial score (nSPS) is 12.1. The molecule has 0 aliphatic carbocycles. The lowest BCUT2D eigenvalue weighted by Gasteiger charge is -2.07. The summed E-state index contributed by atoms with van der Waals surface area (Å²) >= 11 is 0. The molecule has 0 spiro atoms. The van der Waals surface area contributed by atoms with E-state index in [4.69, 9.17) is 5.26 Å². The number of nitrogens with one attached hydrogen (secondary N) is 1. The van der Waals surface area contributed by atoms with Crippen LogP contribution in [0.15, 0.2) is 24.3 Å². The Bertz CT molecular complexity index is 304. The molecule has 0 aromatic heterocycles. The molecular weight excluding hydrogens is 155 g/mol. The van der Waals surface area contributed by atoms with E-state index in [1.165, 1.54) is 6.07 Å². The molecule has 0 amide bonds. The average Bonchev–Trinajstić information content (AvgIpc) is 2.10. The highest BCUT2D eigenvalue weighted by molar-refractivity contribution is 5.25. The first-order valence-corrected chi connectivity index (χ1v) is 3.61. The first-order chi connectivity index (χ1) is 5.79. The molecule has 62 valence electrons. The maximum absolute atomic E-state index is 13.0. The van der Waals surface area contributed by atoms with Gasteiger partial charge in [0.15, 0.2) is 0 Å². The van der Waals surface area contributed by atoms with Crippen LogP contribution in [0.5, 0.6) is 0 Å². The Morgan fingerprint density at radius 1 is 1.50 bits per heavy atom. The van der Waals surface area contributed by atoms with Crippen LogP contribution in [0.3, 0.4) is 0 Å². The lowest BCUT2D eigenvalue weighted by Crippen LogP contribution is -2.15. The summed E-state index contributed by atoms with van der Waals surface area (Å²) < 4.78 is 13.0. The van der Waals surface area contributed by atoms with Gasteiger partial charge < -0.3 is 5.32 Å². The van der Waals surface area contributed by atoms with Crippen molar-refractivity contribution in [1.29, 1.82) is 5.26 Å². The van der Waals surface area contributed by atoms with Gasteiger partial charge in [-0.2, -0.15) is 5.26 Å². The van der Waals surface area contributed by atoms with Gasteiger partial charge in [0.05, 0.1) is 6.07 Å². The molecule has 1 rings (SSSR count). The molecule has 1 atom stereocenters. The first kappa shape index (κ1) is 8.69. The van der Waals surface area contributed by atoms with Crippen molar-refractivity contribution in [2.45, 2.75) is 6.04 Å². The lowest BCUT2D eigenvalue weighted by atomic mass is 10.1. The summed E-state index contributed by atoms with van der Waals surface area (Å²) in [6.45, 7) is 0. The van der Waals surface area contributed by atoms with Crippen molar-refractivity contribution in [2.24, 2.45) is 0 Å². The number of hydrogen-bond acceptors (Lipinski definition) is 2. The Morgan fingerprint density at radius 2 is 2.17 bits per heavy atom. The molecule has 0 aliphatic heterocycles. The minimum absolute atomic E-state index is 0.349. The monoisotopic (exact) mass is 164 g/mol. The van der Waals surface area contributed by atoms with Gasteiger partial charge in [-0.15, -0.1) is 0 Å². The zero-order valence-corrected chi connectivity index (χ0v) is 6.71. The first-order valence-electron chi connectivity index (χ1n) is 3.61. The molecule has 12 heavy (non-hydrogen) atoms. The third-order valence-corrected chi connectivity index (χ3v) is 1.63. The minimum Gasteiger partial charge on any atom is -0.301 e. The maximum Gasteiger partial charge on any atom is 0.129 e. The van der Waals surface area contributed by atoms with Crippen LogP contribution < -0.4 is 5.32 Å². The van der Waals surface area contributed by atoms with Gasteiger partial charge >= 0.3 is 0 Å². The predicted molar refractivity (Wildman–Crippen MR) is 43.8 cm³/mol. The van der Waals surface area contributed by atoms with Crippen molar-refractivity contribution in [3.05, 3.63) is 35.6 Å². The molecule has 0 saturated carbocycles. The fourth-order valence-electron chi connectivity index (χ4n) is 0.999. The Labute approximate surface area is 70.6 Å². The van der Waals surface area contributed by atoms with Crippen LogP contribution in [-0.2, 0) is 0 Å². The van der Waals surface area contributed by atoms with Crippen molar-refractivity contribution in [1.82, 2.24) is 5.32 Å². The number of halogens is 1. The van der Waals surface area contributed by atoms with Gasteiger partial charge in [0.1, 0.15) is 11.9 Å². The van der Waals surface area contributed by atoms with Crippen LogP contribution in [-0.4, -0.2) is 7.05 Å². The van der Waals surface area contributed by atoms with Crippen LogP contribution in [0.4, 0.5) is 4.39 Å². The summed E-state index contributed by atoms with van der Waals surface area (Å²) in [4.78, 5) is 0. The van der Waals surface area contributed by atoms with E-state index in [2.05, 4.69) is 5.32 Å². The van der Waals surface area contributed by atoms with Gasteiger partial charge in [0.2, 0.25) is 0 Å². The van der Waals surface area contributed by atoms with E-state index in [-0.39, 0.29) is 5.82 Å². The smallest absolute Gasteiger partial charge is 0.129 e. The molecule has 0 radical (unpaired) electrons. The minimum atomic E-state index is -0.564. The Kier molecular flexibility index (Phi) is 2.78. The molecule has 0 aliphatic rings. The second-order valence-electron chi connectivity index (χ2n) is 2.37. The summed E-state index contributed by atoms with van der Waals surface area (Å²) in [5.41, 5.74) is 0.391. The number of rotatable bonds is 2. The predicted octanol–water partition coefficient (Wildman–Crippen LogP) is 1.61. The Morgan fingerprint density at radius 3 is 2.67 bits per heavy atom. The van der Waals surface area contributed by atoms with E-state index in [9.17, 15) is 4.39 Å². The zero-order valence-electron chi connectivity index (χ0n) is 6.71. The van der Waals surface area contributed by atoms with Gasteiger partial charge in [-0.25, -0.2) is 4.39 Å². The number of nitriles is 1. The average molecular weight is 164 g/mol. The van der Waals surface area contributed by atoms with Gasteiger partial charge in [0, 0.05) is 5.56 Å². The number of hydrogen-bond donors (Lipinski definition) is 1. The van der Waals surface area contributed by atoms with Gasteiger partial charge in [-0.1, -0.05) is 18.2 Å². The fourth-order valence-corrected chi connectivity index (χ4v) is 0.999. The molecule has 2 nitrogen and oxygen atoms in total. The molecule has 3 heteroatoms. The molecular formula is C9H9FN2. The van der Waals surface area contributed by atoms with E-state index in [0.29, 0.717) is 5.56 Å². The van der Waals surface area contributed by atoms with Gasteiger partial charge in [-0.3, -0.25) is 0 Å². The molecule has 0 fully saturated rings. The maximum atomic E-state index is 13.0. The van der Waals surface area contributed by atoms with Crippen molar-refractivity contribution >= 4 is 0 Å². The molecule has 1 unspecified atom stereocenters. The highest BCUT2D eigenvalue weighted by atomic mass is 19.1. The molecule has 0 heterocycles. The lowest BCUT2D eigenvalue weighted by molar-refractivity contribution is 0.585. The van der Waals surface area contributed by atoms with Crippen LogP contribution in [0, 0.1) is 17.1 Å². The Hall–Kier alpha value is -1.40. The van der Waals surface area contributed by atoms with E-state index < -0.39 is 6.04 Å². The third-order valence-electron chi connectivity index (χ3n) is 1.63. The summed E-state index contributed by atoms with van der Waals surface area (Å²) in [7, 11) is 1.63. The van der Waals surface area contributed by atoms with Crippen LogP contribution in [0.25, 0.3) is 0 Å². The van der Waals surface area contributed by atoms with Crippen molar-refractivity contribution in [3.63, 3.8) is 0 Å². The fraction of sp³-hybridized carbons (Fsp3) is 0.222. The largest absolute Gasteiger partial charge is 0.301 e. The third kappa shape index (κ3) is 1.60. The standard InChI is InChI=1S/C9H9FN2/c1-12-9(6-11)7-4-2-3-5-8(7)10/h2-5,9,12H,1H3.